The van der Waals surface area contributed by atoms with Gasteiger partial charge < -0.3 is 10.0 Å². The highest BCUT2D eigenvalue weighted by atomic mass is 32.2. The van der Waals surface area contributed by atoms with Crippen molar-refractivity contribution in [3.8, 4) is 0 Å². The van der Waals surface area contributed by atoms with Gasteiger partial charge in [-0.3, -0.25) is 4.79 Å². The zero-order valence-electron chi connectivity index (χ0n) is 17.2. The molecule has 28 heavy (non-hydrogen) atoms. The van der Waals surface area contributed by atoms with Gasteiger partial charge in [0.25, 0.3) is 0 Å². The van der Waals surface area contributed by atoms with Crippen molar-refractivity contribution in [2.45, 2.75) is 45.1 Å². The zero-order valence-corrected chi connectivity index (χ0v) is 18.0. The van der Waals surface area contributed by atoms with E-state index in [1.54, 1.807) is 11.8 Å². The van der Waals surface area contributed by atoms with Gasteiger partial charge in [0.1, 0.15) is 0 Å². The maximum atomic E-state index is 12.9. The summed E-state index contributed by atoms with van der Waals surface area (Å²) >= 11 is 1.64. The van der Waals surface area contributed by atoms with Gasteiger partial charge in [-0.15, -0.1) is 11.8 Å². The lowest BCUT2D eigenvalue weighted by Gasteiger charge is -2.47. The molecule has 1 aromatic rings. The minimum atomic E-state index is -1.12. The average Bonchev–Trinajstić information content (AvgIpc) is 2.66. The molecule has 3 heterocycles. The van der Waals surface area contributed by atoms with Gasteiger partial charge in [-0.05, 0) is 54.9 Å². The van der Waals surface area contributed by atoms with E-state index in [4.69, 9.17) is 0 Å². The molecule has 7 heteroatoms. The van der Waals surface area contributed by atoms with E-state index >= 15 is 0 Å². The van der Waals surface area contributed by atoms with Gasteiger partial charge in [0, 0.05) is 25.6 Å². The topological polar surface area (TPSA) is 73.7 Å². The zero-order chi connectivity index (χ0) is 20.5. The van der Waals surface area contributed by atoms with Gasteiger partial charge >= 0.3 is 6.09 Å². The molecule has 0 bridgehead atoms. The molecule has 154 valence electrons. The SMILES string of the molecule is CSc1ccc(N2CCC(C3CCN(C(=O)O)C(=O)C3C(C)(C)C)CC2)cn1. The van der Waals surface area contributed by atoms with E-state index in [1.807, 2.05) is 12.5 Å². The number of amides is 2. The summed E-state index contributed by atoms with van der Waals surface area (Å²) in [6.45, 7) is 8.40. The Kier molecular flexibility index (Phi) is 6.22. The fourth-order valence-electron chi connectivity index (χ4n) is 4.88. The van der Waals surface area contributed by atoms with Crippen LogP contribution >= 0.6 is 11.8 Å². The third-order valence-electron chi connectivity index (χ3n) is 6.25. The summed E-state index contributed by atoms with van der Waals surface area (Å²) in [5, 5.41) is 10.4. The molecule has 2 atom stereocenters. The van der Waals surface area contributed by atoms with Crippen molar-refractivity contribution in [3.05, 3.63) is 18.3 Å². The summed E-state index contributed by atoms with van der Waals surface area (Å²) in [5.74, 6) is 0.257. The van der Waals surface area contributed by atoms with E-state index < -0.39 is 6.09 Å². The quantitative estimate of drug-likeness (QED) is 0.760. The molecule has 1 aromatic heterocycles. The number of carbonyl (C=O) groups excluding carboxylic acids is 1. The molecule has 6 nitrogen and oxygen atoms in total. The Labute approximate surface area is 171 Å². The van der Waals surface area contributed by atoms with Crippen LogP contribution in [0.1, 0.15) is 40.0 Å². The van der Waals surface area contributed by atoms with Crippen molar-refractivity contribution in [1.82, 2.24) is 9.88 Å². The first-order valence-corrected chi connectivity index (χ1v) is 11.2. The number of carbonyl (C=O) groups is 2. The second-order valence-electron chi connectivity index (χ2n) is 8.95. The van der Waals surface area contributed by atoms with Crippen molar-refractivity contribution in [2.24, 2.45) is 23.2 Å². The molecule has 2 saturated heterocycles. The van der Waals surface area contributed by atoms with Gasteiger partial charge in [-0.1, -0.05) is 20.8 Å². The van der Waals surface area contributed by atoms with Crippen LogP contribution in [0.4, 0.5) is 10.5 Å². The predicted molar refractivity (Wildman–Crippen MR) is 112 cm³/mol. The van der Waals surface area contributed by atoms with Crippen molar-refractivity contribution < 1.29 is 14.7 Å². The van der Waals surface area contributed by atoms with Crippen molar-refractivity contribution >= 4 is 29.4 Å². The number of hydrogen-bond acceptors (Lipinski definition) is 5. The van der Waals surface area contributed by atoms with Crippen LogP contribution < -0.4 is 4.90 Å². The molecule has 2 aliphatic rings. The predicted octanol–water partition coefficient (Wildman–Crippen LogP) is 4.21. The largest absolute Gasteiger partial charge is 0.465 e. The molecule has 0 aliphatic carbocycles. The second-order valence-corrected chi connectivity index (χ2v) is 9.78. The monoisotopic (exact) mass is 405 g/mol. The van der Waals surface area contributed by atoms with Crippen LogP contribution in [-0.4, -0.2) is 52.9 Å². The minimum Gasteiger partial charge on any atom is -0.465 e. The Morgan fingerprint density at radius 1 is 1.18 bits per heavy atom. The summed E-state index contributed by atoms with van der Waals surface area (Å²) < 4.78 is 0. The Morgan fingerprint density at radius 3 is 2.36 bits per heavy atom. The van der Waals surface area contributed by atoms with Crippen molar-refractivity contribution in [3.63, 3.8) is 0 Å². The van der Waals surface area contributed by atoms with Gasteiger partial charge in [0.2, 0.25) is 5.91 Å². The van der Waals surface area contributed by atoms with Crippen LogP contribution in [0.2, 0.25) is 0 Å². The first-order valence-electron chi connectivity index (χ1n) is 10.0. The first-order chi connectivity index (χ1) is 13.2. The first kappa shape index (κ1) is 21.0. The molecule has 0 radical (unpaired) electrons. The maximum Gasteiger partial charge on any atom is 0.414 e. The normalized spacial score (nSPS) is 24.5. The number of aromatic nitrogens is 1. The highest BCUT2D eigenvalue weighted by Gasteiger charge is 2.48. The standard InChI is InChI=1S/C21H31N3O3S/c1-21(2,3)18-16(9-12-24(19(18)25)20(26)27)14-7-10-23(11-8-14)15-5-6-17(28-4)22-13-15/h5-6,13-14,16,18H,7-12H2,1-4H3,(H,26,27). The van der Waals surface area contributed by atoms with Crippen LogP contribution in [0, 0.1) is 23.2 Å². The summed E-state index contributed by atoms with van der Waals surface area (Å²) in [6.07, 6.45) is 5.68. The fourth-order valence-corrected chi connectivity index (χ4v) is 5.24. The number of rotatable bonds is 3. The van der Waals surface area contributed by atoms with Crippen LogP contribution in [0.5, 0.6) is 0 Å². The summed E-state index contributed by atoms with van der Waals surface area (Å²) in [7, 11) is 0. The molecule has 2 aliphatic heterocycles. The van der Waals surface area contributed by atoms with E-state index in [9.17, 15) is 14.7 Å². The van der Waals surface area contributed by atoms with Crippen LogP contribution in [0.15, 0.2) is 23.4 Å². The van der Waals surface area contributed by atoms with Gasteiger partial charge in [0.15, 0.2) is 0 Å². The molecule has 0 spiro atoms. The van der Waals surface area contributed by atoms with Crippen LogP contribution in [0.25, 0.3) is 0 Å². The number of pyridine rings is 1. The number of imide groups is 1. The summed E-state index contributed by atoms with van der Waals surface area (Å²) in [5.41, 5.74) is 0.908. The van der Waals surface area contributed by atoms with E-state index in [-0.39, 0.29) is 23.2 Å². The van der Waals surface area contributed by atoms with Crippen molar-refractivity contribution in [1.29, 1.82) is 0 Å². The van der Waals surface area contributed by atoms with Crippen molar-refractivity contribution in [2.75, 3.05) is 30.8 Å². The summed E-state index contributed by atoms with van der Waals surface area (Å²) in [6, 6.07) is 4.19. The number of carboxylic acid groups (broad SMARTS) is 1. The van der Waals surface area contributed by atoms with E-state index in [2.05, 4.69) is 42.8 Å². The molecular weight excluding hydrogens is 374 g/mol. The summed E-state index contributed by atoms with van der Waals surface area (Å²) in [4.78, 5) is 32.3. The molecule has 3 rings (SSSR count). The number of nitrogens with zero attached hydrogens (tertiary/aromatic N) is 3. The number of hydrogen-bond donors (Lipinski definition) is 1. The molecule has 0 saturated carbocycles. The highest BCUT2D eigenvalue weighted by Crippen LogP contribution is 2.45. The van der Waals surface area contributed by atoms with E-state index in [0.717, 1.165) is 48.0 Å². The average molecular weight is 406 g/mol. The number of likely N-dealkylation sites (tertiary alicyclic amines) is 1. The number of thioether (sulfide) groups is 1. The maximum absolute atomic E-state index is 12.9. The molecule has 2 unspecified atom stereocenters. The van der Waals surface area contributed by atoms with Gasteiger partial charge in [0.05, 0.1) is 16.9 Å². The van der Waals surface area contributed by atoms with E-state index in [0.29, 0.717) is 12.5 Å². The Hall–Kier alpha value is -1.76. The molecule has 2 amide bonds. The van der Waals surface area contributed by atoms with Crippen LogP contribution in [0.3, 0.4) is 0 Å². The molecule has 0 aromatic carbocycles. The Bertz CT molecular complexity index is 709. The van der Waals surface area contributed by atoms with Gasteiger partial charge in [-0.25, -0.2) is 14.7 Å². The highest BCUT2D eigenvalue weighted by molar-refractivity contribution is 7.98. The lowest BCUT2D eigenvalue weighted by Crippen LogP contribution is -2.54. The Morgan fingerprint density at radius 2 is 1.86 bits per heavy atom. The fraction of sp³-hybridized carbons (Fsp3) is 0.667. The lowest BCUT2D eigenvalue weighted by atomic mass is 9.63. The minimum absolute atomic E-state index is 0.212. The molecule has 1 N–H and O–H groups in total. The van der Waals surface area contributed by atoms with Crippen LogP contribution in [-0.2, 0) is 4.79 Å². The molecule has 2 fully saturated rings. The Balaban J connectivity index is 1.69. The van der Waals surface area contributed by atoms with Gasteiger partial charge in [-0.2, -0.15) is 0 Å². The second kappa shape index (κ2) is 8.31. The number of piperidine rings is 2. The number of anilines is 1. The molecular formula is C21H31N3O3S. The van der Waals surface area contributed by atoms with E-state index in [1.165, 1.54) is 0 Å². The lowest BCUT2D eigenvalue weighted by molar-refractivity contribution is -0.145. The third-order valence-corrected chi connectivity index (χ3v) is 6.91. The smallest absolute Gasteiger partial charge is 0.414 e. The third kappa shape index (κ3) is 4.29.